The van der Waals surface area contributed by atoms with E-state index < -0.39 is 0 Å². The summed E-state index contributed by atoms with van der Waals surface area (Å²) in [4.78, 5) is 0. The number of thiophene rings is 1. The van der Waals surface area contributed by atoms with Gasteiger partial charge < -0.3 is 5.32 Å². The van der Waals surface area contributed by atoms with E-state index in [1.165, 1.54) is 9.78 Å². The first kappa shape index (κ1) is 11.8. The van der Waals surface area contributed by atoms with Crippen molar-refractivity contribution in [1.82, 2.24) is 5.32 Å². The van der Waals surface area contributed by atoms with Crippen LogP contribution in [-0.2, 0) is 0 Å². The molecule has 1 heterocycles. The molecule has 0 radical (unpaired) electrons. The molecule has 0 spiro atoms. The van der Waals surface area contributed by atoms with Gasteiger partial charge in [0, 0.05) is 18.3 Å². The Morgan fingerprint density at radius 2 is 2.43 bits per heavy atom. The lowest BCUT2D eigenvalue weighted by atomic mass is 10.3. The lowest BCUT2D eigenvalue weighted by Crippen LogP contribution is -2.25. The predicted octanol–water partition coefficient (Wildman–Crippen LogP) is 3.39. The fraction of sp³-hybridized carbons (Fsp3) is 0.455. The second kappa shape index (κ2) is 6.27. The SMILES string of the molecule is C=C(CNC(C)C)CSc1cccs1. The first-order valence-corrected chi connectivity index (χ1v) is 6.61. The zero-order valence-corrected chi connectivity index (χ0v) is 10.4. The van der Waals surface area contributed by atoms with Crippen LogP contribution in [0.5, 0.6) is 0 Å². The number of hydrogen-bond donors (Lipinski definition) is 1. The molecule has 1 aromatic rings. The highest BCUT2D eigenvalue weighted by Crippen LogP contribution is 2.24. The van der Waals surface area contributed by atoms with Crippen molar-refractivity contribution in [3.05, 3.63) is 29.7 Å². The number of nitrogens with one attached hydrogen (secondary N) is 1. The largest absolute Gasteiger partial charge is 0.311 e. The Labute approximate surface area is 94.6 Å². The maximum Gasteiger partial charge on any atom is 0.0601 e. The molecule has 0 atom stereocenters. The molecule has 1 rings (SSSR count). The molecule has 78 valence electrons. The smallest absolute Gasteiger partial charge is 0.0601 e. The van der Waals surface area contributed by atoms with Crippen LogP contribution in [0.3, 0.4) is 0 Å². The van der Waals surface area contributed by atoms with Gasteiger partial charge in [-0.05, 0) is 11.4 Å². The van der Waals surface area contributed by atoms with E-state index in [9.17, 15) is 0 Å². The Morgan fingerprint density at radius 1 is 1.64 bits per heavy atom. The average Bonchev–Trinajstić information content (AvgIpc) is 2.63. The first-order chi connectivity index (χ1) is 6.68. The monoisotopic (exact) mass is 227 g/mol. The molecule has 1 N–H and O–H groups in total. The third-order valence-electron chi connectivity index (χ3n) is 1.67. The van der Waals surface area contributed by atoms with Crippen molar-refractivity contribution < 1.29 is 0 Å². The quantitative estimate of drug-likeness (QED) is 0.590. The molecule has 0 fully saturated rings. The fourth-order valence-corrected chi connectivity index (χ4v) is 2.61. The van der Waals surface area contributed by atoms with Gasteiger partial charge in [0.05, 0.1) is 4.21 Å². The maximum atomic E-state index is 4.05. The van der Waals surface area contributed by atoms with E-state index in [0.29, 0.717) is 6.04 Å². The molecule has 0 unspecified atom stereocenters. The van der Waals surface area contributed by atoms with E-state index in [1.54, 1.807) is 11.3 Å². The standard InChI is InChI=1S/C11H17NS2/c1-9(2)12-7-10(3)8-14-11-5-4-6-13-11/h4-6,9,12H,3,7-8H2,1-2H3. The van der Waals surface area contributed by atoms with Crippen LogP contribution < -0.4 is 5.32 Å². The Bertz CT molecular complexity index is 265. The zero-order valence-electron chi connectivity index (χ0n) is 8.75. The van der Waals surface area contributed by atoms with Crippen molar-refractivity contribution >= 4 is 23.1 Å². The molecule has 0 aliphatic carbocycles. The van der Waals surface area contributed by atoms with Crippen LogP contribution in [-0.4, -0.2) is 18.3 Å². The molecule has 0 aromatic carbocycles. The summed E-state index contributed by atoms with van der Waals surface area (Å²) in [7, 11) is 0. The van der Waals surface area contributed by atoms with Gasteiger partial charge in [0.2, 0.25) is 0 Å². The molecular weight excluding hydrogens is 210 g/mol. The van der Waals surface area contributed by atoms with Crippen molar-refractivity contribution in [1.29, 1.82) is 0 Å². The van der Waals surface area contributed by atoms with Crippen LogP contribution in [0.1, 0.15) is 13.8 Å². The summed E-state index contributed by atoms with van der Waals surface area (Å²) in [6.07, 6.45) is 0. The van der Waals surface area contributed by atoms with Gasteiger partial charge in [-0.25, -0.2) is 0 Å². The van der Waals surface area contributed by atoms with Crippen molar-refractivity contribution in [2.75, 3.05) is 12.3 Å². The van der Waals surface area contributed by atoms with Crippen molar-refractivity contribution in [3.63, 3.8) is 0 Å². The van der Waals surface area contributed by atoms with Gasteiger partial charge >= 0.3 is 0 Å². The third-order valence-corrected chi connectivity index (χ3v) is 3.95. The Kier molecular flexibility index (Phi) is 5.30. The van der Waals surface area contributed by atoms with Crippen LogP contribution in [0.15, 0.2) is 33.9 Å². The summed E-state index contributed by atoms with van der Waals surface area (Å²) in [5.74, 6) is 1.01. The molecule has 0 amide bonds. The zero-order chi connectivity index (χ0) is 10.4. The molecular formula is C11H17NS2. The lowest BCUT2D eigenvalue weighted by molar-refractivity contribution is 0.623. The highest BCUT2D eigenvalue weighted by atomic mass is 32.2. The Hall–Kier alpha value is -0.250. The van der Waals surface area contributed by atoms with Crippen molar-refractivity contribution in [3.8, 4) is 0 Å². The van der Waals surface area contributed by atoms with Crippen molar-refractivity contribution in [2.45, 2.75) is 24.1 Å². The average molecular weight is 227 g/mol. The summed E-state index contributed by atoms with van der Waals surface area (Å²) in [5.41, 5.74) is 1.26. The highest BCUT2D eigenvalue weighted by molar-refractivity contribution is 8.01. The van der Waals surface area contributed by atoms with E-state index in [1.807, 2.05) is 11.8 Å². The summed E-state index contributed by atoms with van der Waals surface area (Å²) in [6.45, 7) is 9.28. The van der Waals surface area contributed by atoms with Crippen LogP contribution in [0.2, 0.25) is 0 Å². The minimum absolute atomic E-state index is 0.540. The molecule has 3 heteroatoms. The number of thioether (sulfide) groups is 1. The molecule has 1 aromatic heterocycles. The Morgan fingerprint density at radius 3 is 3.00 bits per heavy atom. The van der Waals surface area contributed by atoms with Crippen LogP contribution in [0.4, 0.5) is 0 Å². The molecule has 0 bridgehead atoms. The summed E-state index contributed by atoms with van der Waals surface area (Å²) < 4.78 is 1.37. The number of rotatable bonds is 6. The van der Waals surface area contributed by atoms with Gasteiger partial charge in [0.15, 0.2) is 0 Å². The molecule has 14 heavy (non-hydrogen) atoms. The van der Waals surface area contributed by atoms with Crippen molar-refractivity contribution in [2.24, 2.45) is 0 Å². The minimum Gasteiger partial charge on any atom is -0.311 e. The van der Waals surface area contributed by atoms with Gasteiger partial charge in [0.25, 0.3) is 0 Å². The van der Waals surface area contributed by atoms with E-state index in [0.717, 1.165) is 12.3 Å². The lowest BCUT2D eigenvalue weighted by Gasteiger charge is -2.09. The molecule has 0 aliphatic heterocycles. The number of hydrogen-bond acceptors (Lipinski definition) is 3. The Balaban J connectivity index is 2.15. The molecule has 0 saturated heterocycles. The maximum absolute atomic E-state index is 4.05. The van der Waals surface area contributed by atoms with Crippen LogP contribution in [0.25, 0.3) is 0 Å². The fourth-order valence-electron chi connectivity index (χ4n) is 0.918. The molecule has 0 saturated carbocycles. The van der Waals surface area contributed by atoms with Gasteiger partial charge in [-0.2, -0.15) is 0 Å². The van der Waals surface area contributed by atoms with E-state index in [-0.39, 0.29) is 0 Å². The second-order valence-electron chi connectivity index (χ2n) is 3.51. The minimum atomic E-state index is 0.540. The summed E-state index contributed by atoms with van der Waals surface area (Å²) >= 11 is 3.66. The van der Waals surface area contributed by atoms with Gasteiger partial charge in [0.1, 0.15) is 0 Å². The topological polar surface area (TPSA) is 12.0 Å². The highest BCUT2D eigenvalue weighted by Gasteiger charge is 1.99. The second-order valence-corrected chi connectivity index (χ2v) is 5.73. The van der Waals surface area contributed by atoms with E-state index >= 15 is 0 Å². The molecule has 0 aliphatic rings. The van der Waals surface area contributed by atoms with Gasteiger partial charge in [-0.1, -0.05) is 32.1 Å². The van der Waals surface area contributed by atoms with Gasteiger partial charge in [-0.3, -0.25) is 0 Å². The van der Waals surface area contributed by atoms with E-state index in [4.69, 9.17) is 0 Å². The first-order valence-electron chi connectivity index (χ1n) is 4.75. The predicted molar refractivity (Wildman–Crippen MR) is 67.3 cm³/mol. The summed E-state index contributed by atoms with van der Waals surface area (Å²) in [6, 6.07) is 4.78. The normalized spacial score (nSPS) is 10.8. The summed E-state index contributed by atoms with van der Waals surface area (Å²) in [5, 5.41) is 5.47. The van der Waals surface area contributed by atoms with Crippen LogP contribution >= 0.6 is 23.1 Å². The van der Waals surface area contributed by atoms with Crippen LogP contribution in [0, 0.1) is 0 Å². The molecule has 1 nitrogen and oxygen atoms in total. The third kappa shape index (κ3) is 4.84. The van der Waals surface area contributed by atoms with E-state index in [2.05, 4.69) is 43.3 Å². The van der Waals surface area contributed by atoms with Gasteiger partial charge in [-0.15, -0.1) is 23.1 Å².